The number of nitrogens with one attached hydrogen (secondary N) is 1. The number of benzene rings is 1. The highest BCUT2D eigenvalue weighted by molar-refractivity contribution is 6.30. The van der Waals surface area contributed by atoms with Gasteiger partial charge in [-0.1, -0.05) is 11.6 Å². The van der Waals surface area contributed by atoms with Crippen molar-refractivity contribution in [2.75, 3.05) is 32.9 Å². The minimum atomic E-state index is -0.600. The van der Waals surface area contributed by atoms with Gasteiger partial charge in [0.1, 0.15) is 12.5 Å². The van der Waals surface area contributed by atoms with Crippen LogP contribution >= 0.6 is 36.4 Å². The first-order chi connectivity index (χ1) is 8.22. The fourth-order valence-corrected chi connectivity index (χ4v) is 2.32. The van der Waals surface area contributed by atoms with Crippen molar-refractivity contribution < 1.29 is 8.78 Å². The van der Waals surface area contributed by atoms with Gasteiger partial charge in [-0.3, -0.25) is 4.90 Å². The van der Waals surface area contributed by atoms with Gasteiger partial charge in [0.25, 0.3) is 0 Å². The van der Waals surface area contributed by atoms with Crippen LogP contribution in [0.15, 0.2) is 18.2 Å². The first-order valence-corrected chi connectivity index (χ1v) is 6.06. The third kappa shape index (κ3) is 4.72. The van der Waals surface area contributed by atoms with Crippen LogP contribution in [0.3, 0.4) is 0 Å². The van der Waals surface area contributed by atoms with Crippen LogP contribution in [-0.4, -0.2) is 37.8 Å². The van der Waals surface area contributed by atoms with Crippen LogP contribution < -0.4 is 5.32 Å². The largest absolute Gasteiger partial charge is 0.314 e. The lowest BCUT2D eigenvalue weighted by molar-refractivity contribution is 0.144. The SMILES string of the molecule is Cl.Cl.FC[C@H](c1cc(Cl)ccc1F)N1CCNCC1. The molecule has 0 aromatic heterocycles. The van der Waals surface area contributed by atoms with Crippen LogP contribution in [0, 0.1) is 5.82 Å². The molecule has 0 unspecified atom stereocenters. The molecule has 1 fully saturated rings. The molecule has 2 rings (SSSR count). The van der Waals surface area contributed by atoms with Gasteiger partial charge in [-0.05, 0) is 18.2 Å². The summed E-state index contributed by atoms with van der Waals surface area (Å²) in [5.74, 6) is -0.393. The predicted octanol–water partition coefficient (Wildman–Crippen LogP) is 3.24. The zero-order chi connectivity index (χ0) is 12.3. The number of nitrogens with zero attached hydrogens (tertiary/aromatic N) is 1. The Morgan fingerprint density at radius 3 is 2.47 bits per heavy atom. The molecule has 1 aliphatic heterocycles. The molecule has 0 aliphatic carbocycles. The fourth-order valence-electron chi connectivity index (χ4n) is 2.14. The molecule has 1 aromatic carbocycles. The zero-order valence-electron chi connectivity index (χ0n) is 10.2. The van der Waals surface area contributed by atoms with Gasteiger partial charge in [0.15, 0.2) is 0 Å². The summed E-state index contributed by atoms with van der Waals surface area (Å²) in [6.07, 6.45) is 0. The Bertz CT molecular complexity index is 387. The zero-order valence-corrected chi connectivity index (χ0v) is 12.6. The lowest BCUT2D eigenvalue weighted by atomic mass is 10.0. The van der Waals surface area contributed by atoms with Crippen molar-refractivity contribution in [2.24, 2.45) is 0 Å². The maximum atomic E-state index is 13.7. The van der Waals surface area contributed by atoms with Crippen LogP contribution in [0.4, 0.5) is 8.78 Å². The van der Waals surface area contributed by atoms with Crippen LogP contribution in [0.25, 0.3) is 0 Å². The summed E-state index contributed by atoms with van der Waals surface area (Å²) in [6, 6.07) is 3.76. The van der Waals surface area contributed by atoms with Crippen molar-refractivity contribution in [1.29, 1.82) is 0 Å². The van der Waals surface area contributed by atoms with E-state index < -0.39 is 18.5 Å². The molecule has 0 radical (unpaired) electrons. The number of halogens is 5. The van der Waals surface area contributed by atoms with Crippen LogP contribution in [-0.2, 0) is 0 Å². The van der Waals surface area contributed by atoms with Gasteiger partial charge in [-0.25, -0.2) is 8.78 Å². The molecule has 1 aromatic rings. The molecule has 0 amide bonds. The van der Waals surface area contributed by atoms with Gasteiger partial charge in [-0.15, -0.1) is 24.8 Å². The highest BCUT2D eigenvalue weighted by Gasteiger charge is 2.24. The Hall–Kier alpha value is -0.130. The number of hydrogen-bond donors (Lipinski definition) is 1. The molecule has 7 heteroatoms. The number of rotatable bonds is 3. The Labute approximate surface area is 129 Å². The second-order valence-corrected chi connectivity index (χ2v) is 4.56. The van der Waals surface area contributed by atoms with Gasteiger partial charge < -0.3 is 5.32 Å². The second-order valence-electron chi connectivity index (χ2n) is 4.12. The first kappa shape index (κ1) is 18.9. The molecule has 1 atom stereocenters. The Kier molecular flexibility index (Phi) is 8.86. The van der Waals surface area contributed by atoms with E-state index in [1.807, 2.05) is 4.90 Å². The third-order valence-corrected chi connectivity index (χ3v) is 3.29. The van der Waals surface area contributed by atoms with Gasteiger partial charge in [0.05, 0.1) is 6.04 Å². The van der Waals surface area contributed by atoms with E-state index in [1.165, 1.54) is 18.2 Å². The summed E-state index contributed by atoms with van der Waals surface area (Å²) in [4.78, 5) is 1.95. The molecule has 1 N–H and O–H groups in total. The summed E-state index contributed by atoms with van der Waals surface area (Å²) in [6.45, 7) is 2.45. The van der Waals surface area contributed by atoms with E-state index in [-0.39, 0.29) is 24.8 Å². The van der Waals surface area contributed by atoms with Crippen LogP contribution in [0.5, 0.6) is 0 Å². The quantitative estimate of drug-likeness (QED) is 0.913. The highest BCUT2D eigenvalue weighted by atomic mass is 35.5. The maximum absolute atomic E-state index is 13.7. The average Bonchev–Trinajstić information content (AvgIpc) is 2.36. The Morgan fingerprint density at radius 1 is 1.26 bits per heavy atom. The summed E-state index contributed by atoms with van der Waals surface area (Å²) in [5.41, 5.74) is 0.349. The lowest BCUT2D eigenvalue weighted by Gasteiger charge is -2.33. The number of piperazine rings is 1. The van der Waals surface area contributed by atoms with E-state index in [0.717, 1.165) is 26.2 Å². The topological polar surface area (TPSA) is 15.3 Å². The van der Waals surface area contributed by atoms with Gasteiger partial charge in [0, 0.05) is 36.8 Å². The second kappa shape index (κ2) is 8.93. The predicted molar refractivity (Wildman–Crippen MR) is 79.1 cm³/mol. The molecule has 19 heavy (non-hydrogen) atoms. The summed E-state index contributed by atoms with van der Waals surface area (Å²) < 4.78 is 26.9. The Balaban J connectivity index is 0.00000162. The van der Waals surface area contributed by atoms with E-state index >= 15 is 0 Å². The van der Waals surface area contributed by atoms with Gasteiger partial charge in [-0.2, -0.15) is 0 Å². The standard InChI is InChI=1S/C12H15ClF2N2.2ClH/c13-9-1-2-11(15)10(7-9)12(8-14)17-5-3-16-4-6-17;;/h1-2,7,12,16H,3-6,8H2;2*1H/t12-;;/m1../s1. The summed E-state index contributed by atoms with van der Waals surface area (Å²) >= 11 is 5.84. The molecule has 0 saturated carbocycles. The lowest BCUT2D eigenvalue weighted by Crippen LogP contribution is -2.45. The number of alkyl halides is 1. The molecule has 2 nitrogen and oxygen atoms in total. The van der Waals surface area contributed by atoms with E-state index in [1.54, 1.807) is 0 Å². The maximum Gasteiger partial charge on any atom is 0.128 e. The number of hydrogen-bond acceptors (Lipinski definition) is 2. The van der Waals surface area contributed by atoms with Crippen LogP contribution in [0.2, 0.25) is 5.02 Å². The van der Waals surface area contributed by atoms with Gasteiger partial charge >= 0.3 is 0 Å². The fraction of sp³-hybridized carbons (Fsp3) is 0.500. The Morgan fingerprint density at radius 2 is 1.89 bits per heavy atom. The average molecular weight is 334 g/mol. The van der Waals surface area contributed by atoms with Crippen molar-refractivity contribution in [3.8, 4) is 0 Å². The smallest absolute Gasteiger partial charge is 0.128 e. The molecule has 1 saturated heterocycles. The molecule has 1 heterocycles. The minimum absolute atomic E-state index is 0. The summed E-state index contributed by atoms with van der Waals surface area (Å²) in [5, 5.41) is 3.63. The van der Waals surface area contributed by atoms with E-state index in [4.69, 9.17) is 11.6 Å². The molecule has 1 aliphatic rings. The minimum Gasteiger partial charge on any atom is -0.314 e. The molecule has 0 bridgehead atoms. The van der Waals surface area contributed by atoms with Crippen molar-refractivity contribution >= 4 is 36.4 Å². The monoisotopic (exact) mass is 332 g/mol. The van der Waals surface area contributed by atoms with Crippen molar-refractivity contribution in [1.82, 2.24) is 10.2 Å². The van der Waals surface area contributed by atoms with Gasteiger partial charge in [0.2, 0.25) is 0 Å². The van der Waals surface area contributed by atoms with Crippen molar-refractivity contribution in [3.05, 3.63) is 34.6 Å². The highest BCUT2D eigenvalue weighted by Crippen LogP contribution is 2.26. The van der Waals surface area contributed by atoms with Crippen LogP contribution in [0.1, 0.15) is 11.6 Å². The third-order valence-electron chi connectivity index (χ3n) is 3.06. The van der Waals surface area contributed by atoms with Crippen molar-refractivity contribution in [3.63, 3.8) is 0 Å². The van der Waals surface area contributed by atoms with E-state index in [9.17, 15) is 8.78 Å². The van der Waals surface area contributed by atoms with Crippen molar-refractivity contribution in [2.45, 2.75) is 6.04 Å². The molecular weight excluding hydrogens is 317 g/mol. The normalized spacial score (nSPS) is 17.2. The summed E-state index contributed by atoms with van der Waals surface area (Å²) in [7, 11) is 0. The first-order valence-electron chi connectivity index (χ1n) is 5.68. The van der Waals surface area contributed by atoms with E-state index in [2.05, 4.69) is 5.32 Å². The molecular formula is C12H17Cl3F2N2. The molecule has 110 valence electrons. The molecule has 0 spiro atoms. The van der Waals surface area contributed by atoms with E-state index in [0.29, 0.717) is 10.6 Å².